The number of halogens is 4. The number of nitrogens with zero attached hydrogens (tertiary/aromatic N) is 12. The van der Waals surface area contributed by atoms with Gasteiger partial charge in [0.05, 0.1) is 38.0 Å². The Labute approximate surface area is 388 Å². The van der Waals surface area contributed by atoms with Crippen molar-refractivity contribution in [2.24, 2.45) is 23.7 Å². The van der Waals surface area contributed by atoms with Gasteiger partial charge in [0.1, 0.15) is 34.8 Å². The Balaban J connectivity index is 0.000000149. The van der Waals surface area contributed by atoms with E-state index in [0.717, 1.165) is 75.4 Å². The minimum Gasteiger partial charge on any atom is -0.482 e. The van der Waals surface area contributed by atoms with Crippen molar-refractivity contribution in [3.8, 4) is 23.3 Å². The molecule has 12 rings (SSSR count). The van der Waals surface area contributed by atoms with Crippen molar-refractivity contribution in [2.45, 2.75) is 75.9 Å². The first-order valence-electron chi connectivity index (χ1n) is 23.0. The van der Waals surface area contributed by atoms with E-state index in [1.54, 1.807) is 26.6 Å². The number of ether oxygens (including phenoxy) is 4. The van der Waals surface area contributed by atoms with Gasteiger partial charge >= 0.3 is 0 Å². The average molecular weight is 939 g/mol. The Morgan fingerprint density at radius 3 is 1.26 bits per heavy atom. The van der Waals surface area contributed by atoms with E-state index < -0.39 is 35.5 Å². The van der Waals surface area contributed by atoms with Crippen molar-refractivity contribution in [1.82, 2.24) is 49.9 Å². The fourth-order valence-corrected chi connectivity index (χ4v) is 11.0. The van der Waals surface area contributed by atoms with Gasteiger partial charge in [0, 0.05) is 113 Å². The molecule has 0 spiro atoms. The highest BCUT2D eigenvalue weighted by molar-refractivity contribution is 5.49. The monoisotopic (exact) mass is 938 g/mol. The zero-order chi connectivity index (χ0) is 46.5. The van der Waals surface area contributed by atoms with E-state index >= 15 is 0 Å². The number of fused-ring (bicyclic) bond motifs is 6. The number of nitrogens with one attached hydrogen (secondary N) is 2. The second-order valence-corrected chi connectivity index (χ2v) is 18.3. The lowest BCUT2D eigenvalue weighted by Gasteiger charge is -2.39. The van der Waals surface area contributed by atoms with Gasteiger partial charge in [-0.05, 0) is 49.4 Å². The predicted octanol–water partition coefficient (Wildman–Crippen LogP) is 6.41. The first kappa shape index (κ1) is 43.6. The first-order valence-corrected chi connectivity index (χ1v) is 23.0. The molecule has 4 aliphatic heterocycles. The second-order valence-electron chi connectivity index (χ2n) is 18.3. The molecule has 4 fully saturated rings. The van der Waals surface area contributed by atoms with Crippen LogP contribution in [0.3, 0.4) is 0 Å². The van der Waals surface area contributed by atoms with Gasteiger partial charge in [0.25, 0.3) is 0 Å². The van der Waals surface area contributed by atoms with Crippen LogP contribution < -0.4 is 39.4 Å². The topological polar surface area (TPSA) is 180 Å². The van der Waals surface area contributed by atoms with E-state index in [2.05, 4.69) is 61.0 Å². The summed E-state index contributed by atoms with van der Waals surface area (Å²) in [6.07, 6.45) is 8.63. The molecule has 18 nitrogen and oxygen atoms in total. The second kappa shape index (κ2) is 18.2. The highest BCUT2D eigenvalue weighted by atomic mass is 19.1. The summed E-state index contributed by atoms with van der Waals surface area (Å²) in [5.41, 5.74) is 2.05. The zero-order valence-electron chi connectivity index (χ0n) is 37.4. The van der Waals surface area contributed by atoms with Gasteiger partial charge in [-0.1, -0.05) is 0 Å². The number of hydrogen-bond donors (Lipinski definition) is 2. The van der Waals surface area contributed by atoms with Crippen molar-refractivity contribution in [1.29, 1.82) is 0 Å². The van der Waals surface area contributed by atoms with Crippen molar-refractivity contribution in [3.05, 3.63) is 95.8 Å². The van der Waals surface area contributed by atoms with Gasteiger partial charge in [0.2, 0.25) is 23.7 Å². The van der Waals surface area contributed by atoms with Crippen LogP contribution in [-0.4, -0.2) is 102 Å². The zero-order valence-corrected chi connectivity index (χ0v) is 37.4. The third kappa shape index (κ3) is 8.94. The number of hydrogen-bond acceptors (Lipinski definition) is 16. The lowest BCUT2D eigenvalue weighted by molar-refractivity contribution is 0.201. The minimum absolute atomic E-state index is 0.154. The summed E-state index contributed by atoms with van der Waals surface area (Å²) in [4.78, 5) is 14.1. The Hall–Kier alpha value is -7.00. The smallest absolute Gasteiger partial charge is 0.242 e. The number of methoxy groups -OCH3 is 2. The number of aryl methyl sites for hydroxylation is 2. The average Bonchev–Trinajstić information content (AvgIpc) is 4.17. The van der Waals surface area contributed by atoms with E-state index in [0.29, 0.717) is 84.9 Å². The molecular formula is C46H50F4N14O4. The van der Waals surface area contributed by atoms with Crippen LogP contribution in [0.2, 0.25) is 0 Å². The molecule has 4 aromatic heterocycles. The molecule has 0 amide bonds. The Morgan fingerprint density at radius 2 is 0.897 bits per heavy atom. The summed E-state index contributed by atoms with van der Waals surface area (Å²) in [6.45, 7) is 4.94. The molecule has 2 aromatic carbocycles. The van der Waals surface area contributed by atoms with Crippen LogP contribution in [0.5, 0.6) is 23.3 Å². The lowest BCUT2D eigenvalue weighted by Crippen LogP contribution is -2.48. The Bertz CT molecular complexity index is 2530. The standard InChI is InChI=1S/2C23H25F2N7O2/c2*1-33-20-9-17(10-26-29-20)31-11-13-2-3-14(12-31)21(13)27-23-28-22-19(4-5-32(22)30-23)34-18-7-15(24)6-16(25)8-18/h2*6-10,13-14,19,21H,2-5,11-12H2,1H3,(H,27,30)/t2*13-,14+,19-,21?/m10/s1. The van der Waals surface area contributed by atoms with Gasteiger partial charge in [-0.2, -0.15) is 20.2 Å². The molecule has 0 radical (unpaired) electrons. The lowest BCUT2D eigenvalue weighted by atomic mass is 9.92. The maximum Gasteiger partial charge on any atom is 0.242 e. The number of piperidine rings is 2. The third-order valence-corrected chi connectivity index (χ3v) is 14.1. The van der Waals surface area contributed by atoms with Crippen LogP contribution in [0.1, 0.15) is 62.4 Å². The molecule has 2 unspecified atom stereocenters. The maximum absolute atomic E-state index is 13.5. The Kier molecular flexibility index (Phi) is 11.7. The SMILES string of the molecule is COc1cc(N2C[C@H]3CC[C@@H](C2)C3Nc2nc3n(n2)CC[C@@H]3Oc2cc(F)cc(F)c2)cnn1.COc1cc(N2C[C@H]3CC[C@@H](C2)C3Nc2nc3n(n2)CC[C@H]3Oc2cc(F)cc(F)c2)cnn1. The third-order valence-electron chi connectivity index (χ3n) is 14.1. The van der Waals surface area contributed by atoms with Gasteiger partial charge in [-0.3, -0.25) is 0 Å². The molecule has 6 aliphatic rings. The van der Waals surface area contributed by atoms with Crippen LogP contribution in [0.4, 0.5) is 40.8 Å². The largest absolute Gasteiger partial charge is 0.482 e. The van der Waals surface area contributed by atoms with Crippen LogP contribution in [0, 0.1) is 46.9 Å². The van der Waals surface area contributed by atoms with Crippen molar-refractivity contribution in [3.63, 3.8) is 0 Å². The fraction of sp³-hybridized carbons (Fsp3) is 0.478. The van der Waals surface area contributed by atoms with Crippen molar-refractivity contribution in [2.75, 3.05) is 60.8 Å². The molecule has 22 heteroatoms. The fourth-order valence-electron chi connectivity index (χ4n) is 11.0. The predicted molar refractivity (Wildman–Crippen MR) is 238 cm³/mol. The summed E-state index contributed by atoms with van der Waals surface area (Å²) >= 11 is 0. The summed E-state index contributed by atoms with van der Waals surface area (Å²) in [6, 6.07) is 10.8. The van der Waals surface area contributed by atoms with Gasteiger partial charge < -0.3 is 39.4 Å². The van der Waals surface area contributed by atoms with Crippen LogP contribution in [0.15, 0.2) is 60.9 Å². The number of anilines is 4. The Morgan fingerprint density at radius 1 is 0.515 bits per heavy atom. The van der Waals surface area contributed by atoms with Crippen molar-refractivity contribution < 1.29 is 36.5 Å². The molecule has 2 saturated heterocycles. The first-order chi connectivity index (χ1) is 33.1. The molecular weight excluding hydrogens is 889 g/mol. The molecule has 356 valence electrons. The van der Waals surface area contributed by atoms with Crippen LogP contribution >= 0.6 is 0 Å². The van der Waals surface area contributed by atoms with Gasteiger partial charge in [-0.15, -0.1) is 20.4 Å². The summed E-state index contributed by atoms with van der Waals surface area (Å²) in [7, 11) is 3.18. The molecule has 2 saturated carbocycles. The van der Waals surface area contributed by atoms with Gasteiger partial charge in [-0.25, -0.2) is 26.9 Å². The molecule has 4 bridgehead atoms. The minimum atomic E-state index is -0.667. The molecule has 8 atom stereocenters. The van der Waals surface area contributed by atoms with Crippen LogP contribution in [0.25, 0.3) is 0 Å². The van der Waals surface area contributed by atoms with E-state index in [1.165, 1.54) is 24.3 Å². The van der Waals surface area contributed by atoms with Crippen LogP contribution in [-0.2, 0) is 13.1 Å². The highest BCUT2D eigenvalue weighted by Crippen LogP contribution is 2.42. The quantitative estimate of drug-likeness (QED) is 0.128. The molecule has 68 heavy (non-hydrogen) atoms. The van der Waals surface area contributed by atoms with Gasteiger partial charge in [0.15, 0.2) is 23.9 Å². The molecule has 2 N–H and O–H groups in total. The normalized spacial score (nSPS) is 25.3. The van der Waals surface area contributed by atoms with E-state index in [1.807, 2.05) is 21.5 Å². The molecule has 2 aliphatic carbocycles. The number of benzene rings is 2. The summed E-state index contributed by atoms with van der Waals surface area (Å²) in [5.74, 6) is 3.00. The van der Waals surface area contributed by atoms with E-state index in [9.17, 15) is 17.6 Å². The molecule has 6 aromatic rings. The number of rotatable bonds is 12. The molecule has 8 heterocycles. The van der Waals surface area contributed by atoms with E-state index in [-0.39, 0.29) is 23.6 Å². The van der Waals surface area contributed by atoms with Crippen molar-refractivity contribution >= 4 is 23.3 Å². The number of aromatic nitrogens is 10. The maximum atomic E-state index is 13.5. The summed E-state index contributed by atoms with van der Waals surface area (Å²) < 4.78 is 79.9. The summed E-state index contributed by atoms with van der Waals surface area (Å²) in [5, 5.41) is 32.4. The highest BCUT2D eigenvalue weighted by Gasteiger charge is 2.45. The van der Waals surface area contributed by atoms with E-state index in [4.69, 9.17) is 18.9 Å².